The molecule has 122 valence electrons. The van der Waals surface area contributed by atoms with Crippen LogP contribution < -0.4 is 15.4 Å². The summed E-state index contributed by atoms with van der Waals surface area (Å²) < 4.78 is 5.21. The molecule has 2 N–H and O–H groups in total. The highest BCUT2D eigenvalue weighted by Crippen LogP contribution is 2.22. The van der Waals surface area contributed by atoms with Gasteiger partial charge in [-0.2, -0.15) is 0 Å². The molecule has 0 heterocycles. The largest absolute Gasteiger partial charge is 0.495 e. The van der Waals surface area contributed by atoms with E-state index in [-0.39, 0.29) is 5.91 Å². The van der Waals surface area contributed by atoms with Gasteiger partial charge in [0.15, 0.2) is 0 Å². The normalized spacial score (nSPS) is 10.3. The van der Waals surface area contributed by atoms with E-state index in [1.54, 1.807) is 7.11 Å². The van der Waals surface area contributed by atoms with Gasteiger partial charge in [0, 0.05) is 18.0 Å². The molecule has 0 aromatic heterocycles. The lowest BCUT2D eigenvalue weighted by Crippen LogP contribution is -2.23. The van der Waals surface area contributed by atoms with Gasteiger partial charge in [-0.15, -0.1) is 0 Å². The number of para-hydroxylation sites is 2. The summed E-state index contributed by atoms with van der Waals surface area (Å²) in [5, 5.41) is 6.87. The lowest BCUT2D eigenvalue weighted by atomic mass is 10.1. The number of halogens is 1. The van der Waals surface area contributed by atoms with Gasteiger partial charge in [-0.25, -0.2) is 0 Å². The fourth-order valence-corrected chi connectivity index (χ4v) is 2.30. The van der Waals surface area contributed by atoms with Crippen molar-refractivity contribution in [2.45, 2.75) is 12.8 Å². The van der Waals surface area contributed by atoms with E-state index >= 15 is 0 Å². The van der Waals surface area contributed by atoms with Gasteiger partial charge in [0.2, 0.25) is 5.91 Å². The van der Waals surface area contributed by atoms with Crippen molar-refractivity contribution >= 4 is 23.2 Å². The van der Waals surface area contributed by atoms with Crippen molar-refractivity contribution in [2.24, 2.45) is 0 Å². The number of hydrogen-bond donors (Lipinski definition) is 2. The lowest BCUT2D eigenvalue weighted by molar-refractivity contribution is -0.116. The standard InChI is InChI=1S/C18H21ClN2O2/c1-23-17-5-3-2-4-16(17)21-18(22)11-13-20-12-10-14-6-8-15(19)9-7-14/h2-9,20H,10-13H2,1H3,(H,21,22). The van der Waals surface area contributed by atoms with Crippen LogP contribution in [-0.4, -0.2) is 26.1 Å². The van der Waals surface area contributed by atoms with Crippen LogP contribution in [0, 0.1) is 0 Å². The molecule has 0 saturated carbocycles. The van der Waals surface area contributed by atoms with Crippen LogP contribution in [0.2, 0.25) is 5.02 Å². The van der Waals surface area contributed by atoms with Gasteiger partial charge in [-0.05, 0) is 42.8 Å². The average molecular weight is 333 g/mol. The molecule has 1 amide bonds. The maximum atomic E-state index is 11.9. The van der Waals surface area contributed by atoms with Crippen molar-refractivity contribution in [3.05, 3.63) is 59.1 Å². The van der Waals surface area contributed by atoms with Crippen molar-refractivity contribution < 1.29 is 9.53 Å². The summed E-state index contributed by atoms with van der Waals surface area (Å²) in [6.45, 7) is 1.46. The molecule has 2 aromatic carbocycles. The van der Waals surface area contributed by atoms with Crippen LogP contribution in [0.15, 0.2) is 48.5 Å². The molecule has 0 atom stereocenters. The number of hydrogen-bond acceptors (Lipinski definition) is 3. The SMILES string of the molecule is COc1ccccc1NC(=O)CCNCCc1ccc(Cl)cc1. The predicted molar refractivity (Wildman–Crippen MR) is 94.3 cm³/mol. The molecule has 0 aliphatic rings. The number of carbonyl (C=O) groups is 1. The molecule has 0 spiro atoms. The Labute approximate surface area is 141 Å². The van der Waals surface area contributed by atoms with E-state index in [1.165, 1.54) is 5.56 Å². The van der Waals surface area contributed by atoms with Crippen LogP contribution in [0.3, 0.4) is 0 Å². The minimum absolute atomic E-state index is 0.0338. The Kier molecular flexibility index (Phi) is 6.91. The molecule has 0 aliphatic heterocycles. The van der Waals surface area contributed by atoms with Gasteiger partial charge < -0.3 is 15.4 Å². The third-order valence-electron chi connectivity index (χ3n) is 3.41. The van der Waals surface area contributed by atoms with Crippen molar-refractivity contribution in [1.29, 1.82) is 0 Å². The highest BCUT2D eigenvalue weighted by molar-refractivity contribution is 6.30. The first-order chi connectivity index (χ1) is 11.2. The third kappa shape index (κ3) is 5.93. The van der Waals surface area contributed by atoms with Crippen molar-refractivity contribution in [3.63, 3.8) is 0 Å². The Morgan fingerprint density at radius 2 is 1.83 bits per heavy atom. The monoisotopic (exact) mass is 332 g/mol. The van der Waals surface area contributed by atoms with Crippen molar-refractivity contribution in [1.82, 2.24) is 5.32 Å². The quantitative estimate of drug-likeness (QED) is 0.727. The summed E-state index contributed by atoms with van der Waals surface area (Å²) in [7, 11) is 1.59. The third-order valence-corrected chi connectivity index (χ3v) is 3.67. The summed E-state index contributed by atoms with van der Waals surface area (Å²) in [6, 6.07) is 15.2. The number of benzene rings is 2. The number of methoxy groups -OCH3 is 1. The number of carbonyl (C=O) groups excluding carboxylic acids is 1. The second kappa shape index (κ2) is 9.18. The minimum Gasteiger partial charge on any atom is -0.495 e. The summed E-state index contributed by atoms with van der Waals surface area (Å²) in [6.07, 6.45) is 1.32. The Balaban J connectivity index is 1.66. The molecule has 23 heavy (non-hydrogen) atoms. The first-order valence-corrected chi connectivity index (χ1v) is 7.95. The Bertz CT molecular complexity index is 629. The Morgan fingerprint density at radius 1 is 1.09 bits per heavy atom. The number of anilines is 1. The number of ether oxygens (including phenoxy) is 1. The zero-order chi connectivity index (χ0) is 16.5. The molecular formula is C18H21ClN2O2. The van der Waals surface area contributed by atoms with E-state index in [4.69, 9.17) is 16.3 Å². The van der Waals surface area contributed by atoms with Crippen molar-refractivity contribution in [2.75, 3.05) is 25.5 Å². The average Bonchev–Trinajstić information content (AvgIpc) is 2.57. The molecule has 0 radical (unpaired) electrons. The van der Waals surface area contributed by atoms with E-state index in [1.807, 2.05) is 48.5 Å². The number of rotatable bonds is 8. The molecule has 0 bridgehead atoms. The highest BCUT2D eigenvalue weighted by atomic mass is 35.5. The summed E-state index contributed by atoms with van der Waals surface area (Å²) in [5.41, 5.74) is 1.92. The van der Waals surface area contributed by atoms with E-state index in [2.05, 4.69) is 10.6 Å². The fourth-order valence-electron chi connectivity index (χ4n) is 2.17. The van der Waals surface area contributed by atoms with Crippen LogP contribution in [0.25, 0.3) is 0 Å². The summed E-state index contributed by atoms with van der Waals surface area (Å²) >= 11 is 5.85. The molecule has 0 unspecified atom stereocenters. The van der Waals surface area contributed by atoms with Crippen LogP contribution in [0.1, 0.15) is 12.0 Å². The van der Waals surface area contributed by atoms with Crippen LogP contribution >= 0.6 is 11.6 Å². The van der Waals surface area contributed by atoms with Gasteiger partial charge in [0.1, 0.15) is 5.75 Å². The van der Waals surface area contributed by atoms with Gasteiger partial charge in [-0.1, -0.05) is 35.9 Å². The molecule has 5 heteroatoms. The Hall–Kier alpha value is -2.04. The second-order valence-electron chi connectivity index (χ2n) is 5.12. The highest BCUT2D eigenvalue weighted by Gasteiger charge is 2.06. The molecule has 0 aliphatic carbocycles. The van der Waals surface area contributed by atoms with E-state index in [0.29, 0.717) is 24.4 Å². The number of amides is 1. The van der Waals surface area contributed by atoms with Gasteiger partial charge in [0.25, 0.3) is 0 Å². The summed E-state index contributed by atoms with van der Waals surface area (Å²) in [4.78, 5) is 11.9. The smallest absolute Gasteiger partial charge is 0.225 e. The van der Waals surface area contributed by atoms with Gasteiger partial charge in [-0.3, -0.25) is 4.79 Å². The van der Waals surface area contributed by atoms with Crippen LogP contribution in [0.4, 0.5) is 5.69 Å². The zero-order valence-electron chi connectivity index (χ0n) is 13.1. The number of nitrogens with one attached hydrogen (secondary N) is 2. The maximum Gasteiger partial charge on any atom is 0.225 e. The predicted octanol–water partition coefficient (Wildman–Crippen LogP) is 3.51. The topological polar surface area (TPSA) is 50.4 Å². The molecule has 4 nitrogen and oxygen atoms in total. The van der Waals surface area contributed by atoms with E-state index in [0.717, 1.165) is 18.0 Å². The molecule has 2 aromatic rings. The maximum absolute atomic E-state index is 11.9. The van der Waals surface area contributed by atoms with Gasteiger partial charge >= 0.3 is 0 Å². The lowest BCUT2D eigenvalue weighted by Gasteiger charge is -2.10. The van der Waals surface area contributed by atoms with E-state index in [9.17, 15) is 4.79 Å². The minimum atomic E-state index is -0.0338. The van der Waals surface area contributed by atoms with Gasteiger partial charge in [0.05, 0.1) is 12.8 Å². The molecule has 0 saturated heterocycles. The molecule has 0 fully saturated rings. The summed E-state index contributed by atoms with van der Waals surface area (Å²) in [5.74, 6) is 0.630. The molecular weight excluding hydrogens is 312 g/mol. The second-order valence-corrected chi connectivity index (χ2v) is 5.56. The van der Waals surface area contributed by atoms with E-state index < -0.39 is 0 Å². The van der Waals surface area contributed by atoms with Crippen LogP contribution in [-0.2, 0) is 11.2 Å². The fraction of sp³-hybridized carbons (Fsp3) is 0.278. The zero-order valence-corrected chi connectivity index (χ0v) is 13.9. The molecule has 2 rings (SSSR count). The van der Waals surface area contributed by atoms with Crippen molar-refractivity contribution in [3.8, 4) is 5.75 Å². The Morgan fingerprint density at radius 3 is 2.57 bits per heavy atom. The first-order valence-electron chi connectivity index (χ1n) is 7.57. The first kappa shape index (κ1) is 17.3. The van der Waals surface area contributed by atoms with Crippen LogP contribution in [0.5, 0.6) is 5.75 Å².